The number of unbranched alkanes of at least 4 members (excludes halogenated alkanes) is 55. The van der Waals surface area contributed by atoms with Gasteiger partial charge in [0.05, 0.1) is 26.4 Å². The van der Waals surface area contributed by atoms with Crippen molar-refractivity contribution in [3.8, 4) is 0 Å². The van der Waals surface area contributed by atoms with Crippen molar-refractivity contribution in [2.45, 2.75) is 477 Å². The first kappa shape index (κ1) is 103. The first-order valence-corrected chi connectivity index (χ1v) is 47.5. The predicted octanol–water partition coefficient (Wildman–Crippen LogP) is 26.2. The zero-order valence-corrected chi connectivity index (χ0v) is 70.8. The summed E-state index contributed by atoms with van der Waals surface area (Å²) in [6, 6.07) is 0. The maximum absolute atomic E-state index is 13.1. The van der Waals surface area contributed by atoms with E-state index in [1.165, 1.54) is 270 Å². The lowest BCUT2D eigenvalue weighted by Crippen LogP contribution is -2.30. The molecule has 0 aromatic carbocycles. The number of carbonyl (C=O) groups excluding carboxylic acids is 4. The van der Waals surface area contributed by atoms with E-state index in [0.29, 0.717) is 31.6 Å². The molecule has 105 heavy (non-hydrogen) atoms. The molecule has 0 aliphatic carbocycles. The Morgan fingerprint density at radius 2 is 0.438 bits per heavy atom. The van der Waals surface area contributed by atoms with Gasteiger partial charge in [-0.15, -0.1) is 0 Å². The highest BCUT2D eigenvalue weighted by atomic mass is 31.2. The molecule has 0 rings (SSSR count). The molecule has 0 aliphatic heterocycles. The molecule has 0 radical (unpaired) electrons. The van der Waals surface area contributed by atoms with Gasteiger partial charge in [-0.25, -0.2) is 9.13 Å². The van der Waals surface area contributed by atoms with Crippen LogP contribution in [0.2, 0.25) is 0 Å². The topological polar surface area (TPSA) is 237 Å². The molecule has 3 N–H and O–H groups in total. The van der Waals surface area contributed by atoms with Gasteiger partial charge in [0.1, 0.15) is 19.3 Å². The highest BCUT2D eigenvalue weighted by Gasteiger charge is 2.30. The number of hydrogen-bond donors (Lipinski definition) is 3. The van der Waals surface area contributed by atoms with Gasteiger partial charge in [-0.05, 0) is 37.5 Å². The summed E-state index contributed by atoms with van der Waals surface area (Å²) in [5, 5.41) is 10.7. The molecule has 0 bridgehead atoms. The molecule has 0 heterocycles. The van der Waals surface area contributed by atoms with Gasteiger partial charge in [-0.2, -0.15) is 0 Å². The summed E-state index contributed by atoms with van der Waals surface area (Å²) in [6.07, 6.45) is 69.7. The van der Waals surface area contributed by atoms with Crippen LogP contribution in [-0.4, -0.2) is 96.7 Å². The highest BCUT2D eigenvalue weighted by molar-refractivity contribution is 7.47. The Morgan fingerprint density at radius 1 is 0.257 bits per heavy atom. The Bertz CT molecular complexity index is 2010. The minimum absolute atomic E-state index is 0.108. The molecular formula is C86H168O17P2. The number of phosphoric ester groups is 2. The van der Waals surface area contributed by atoms with E-state index in [9.17, 15) is 43.2 Å². The molecule has 0 aromatic heterocycles. The van der Waals surface area contributed by atoms with Gasteiger partial charge >= 0.3 is 39.5 Å². The van der Waals surface area contributed by atoms with Crippen LogP contribution in [0.5, 0.6) is 0 Å². The summed E-state index contributed by atoms with van der Waals surface area (Å²) in [7, 11) is -9.93. The first-order valence-electron chi connectivity index (χ1n) is 44.5. The van der Waals surface area contributed by atoms with E-state index in [-0.39, 0.29) is 25.7 Å². The first-order chi connectivity index (χ1) is 50.9. The lowest BCUT2D eigenvalue weighted by molar-refractivity contribution is -0.161. The van der Waals surface area contributed by atoms with Crippen molar-refractivity contribution in [3.63, 3.8) is 0 Å². The Labute approximate surface area is 645 Å². The Kier molecular flexibility index (Phi) is 76.0. The van der Waals surface area contributed by atoms with E-state index in [2.05, 4.69) is 41.5 Å². The lowest BCUT2D eigenvalue weighted by Gasteiger charge is -2.21. The second-order valence-corrected chi connectivity index (χ2v) is 34.8. The molecule has 0 fully saturated rings. The summed E-state index contributed by atoms with van der Waals surface area (Å²) in [5.74, 6) is -0.612. The maximum Gasteiger partial charge on any atom is 0.472 e. The Morgan fingerprint density at radius 3 is 0.648 bits per heavy atom. The molecule has 19 heteroatoms. The summed E-state index contributed by atoms with van der Waals surface area (Å²) < 4.78 is 68.9. The van der Waals surface area contributed by atoms with Crippen molar-refractivity contribution in [2.24, 2.45) is 11.8 Å². The second-order valence-electron chi connectivity index (χ2n) is 31.9. The van der Waals surface area contributed by atoms with E-state index in [4.69, 9.17) is 37.0 Å². The predicted molar refractivity (Wildman–Crippen MR) is 432 cm³/mol. The summed E-state index contributed by atoms with van der Waals surface area (Å²) >= 11 is 0. The smallest absolute Gasteiger partial charge is 0.462 e. The van der Waals surface area contributed by atoms with E-state index in [0.717, 1.165) is 102 Å². The van der Waals surface area contributed by atoms with Crippen LogP contribution in [0.25, 0.3) is 0 Å². The molecule has 624 valence electrons. The third kappa shape index (κ3) is 79.9. The third-order valence-electron chi connectivity index (χ3n) is 20.2. The van der Waals surface area contributed by atoms with Crippen molar-refractivity contribution in [2.75, 3.05) is 39.6 Å². The number of carbonyl (C=O) groups is 4. The quantitative estimate of drug-likeness (QED) is 0.0222. The molecular weight excluding hydrogens is 1370 g/mol. The van der Waals surface area contributed by atoms with Crippen LogP contribution in [0, 0.1) is 11.8 Å². The SMILES string of the molecule is CCCCCCCCCCCCCCCCCCCCCCC(=O)O[C@H](COC(=O)CCCCCCCCCCCCCCCCCCC(C)C)COP(=O)(O)OC[C@@H](O)COP(=O)(O)OC[C@@H](COC(=O)CCCCCCCCC(C)C)OC(=O)CCCCCCCCCCCCCCCCCCC. The monoisotopic (exact) mass is 1540 g/mol. The molecule has 2 unspecified atom stereocenters. The van der Waals surface area contributed by atoms with Gasteiger partial charge in [-0.3, -0.25) is 37.3 Å². The van der Waals surface area contributed by atoms with E-state index in [1.807, 2.05) is 0 Å². The Hall–Kier alpha value is -1.94. The molecule has 0 aromatic rings. The number of esters is 4. The van der Waals surface area contributed by atoms with E-state index < -0.39 is 97.5 Å². The van der Waals surface area contributed by atoms with Crippen LogP contribution >= 0.6 is 15.6 Å². The van der Waals surface area contributed by atoms with Gasteiger partial charge in [0.2, 0.25) is 0 Å². The van der Waals surface area contributed by atoms with Crippen LogP contribution in [-0.2, 0) is 65.4 Å². The number of ether oxygens (including phenoxy) is 4. The van der Waals surface area contributed by atoms with Crippen molar-refractivity contribution in [1.82, 2.24) is 0 Å². The molecule has 0 amide bonds. The third-order valence-corrected chi connectivity index (χ3v) is 22.1. The summed E-state index contributed by atoms with van der Waals surface area (Å²) in [6.45, 7) is 9.62. The second kappa shape index (κ2) is 77.4. The molecule has 0 aliphatic rings. The van der Waals surface area contributed by atoms with Gasteiger partial charge in [0.15, 0.2) is 12.2 Å². The normalized spacial score (nSPS) is 13.8. The van der Waals surface area contributed by atoms with E-state index >= 15 is 0 Å². The number of hydrogen-bond acceptors (Lipinski definition) is 15. The van der Waals surface area contributed by atoms with Crippen LogP contribution < -0.4 is 0 Å². The minimum atomic E-state index is -4.97. The van der Waals surface area contributed by atoms with Crippen LogP contribution in [0.4, 0.5) is 0 Å². The number of phosphoric acid groups is 2. The van der Waals surface area contributed by atoms with Gasteiger partial charge in [0.25, 0.3) is 0 Å². The molecule has 5 atom stereocenters. The van der Waals surface area contributed by atoms with Crippen molar-refractivity contribution in [3.05, 3.63) is 0 Å². The summed E-state index contributed by atoms with van der Waals surface area (Å²) in [5.41, 5.74) is 0. The summed E-state index contributed by atoms with van der Waals surface area (Å²) in [4.78, 5) is 73.2. The van der Waals surface area contributed by atoms with Crippen LogP contribution in [0.3, 0.4) is 0 Å². The van der Waals surface area contributed by atoms with Crippen LogP contribution in [0.15, 0.2) is 0 Å². The molecule has 17 nitrogen and oxygen atoms in total. The zero-order chi connectivity index (χ0) is 77.1. The van der Waals surface area contributed by atoms with Crippen molar-refractivity contribution >= 4 is 39.5 Å². The van der Waals surface area contributed by atoms with Gasteiger partial charge in [-0.1, -0.05) is 408 Å². The van der Waals surface area contributed by atoms with E-state index in [1.54, 1.807) is 0 Å². The standard InChI is InChI=1S/C86H168O17P2/c1-7-9-11-13-15-17-19-21-23-25-26-27-29-35-39-43-47-51-59-64-70-85(90)102-81(74-96-83(88)68-62-56-49-45-41-37-33-31-30-32-36-40-44-48-54-60-66-78(3)4)76-100-104(92,93)98-72-80(87)73-99-105(94,95)101-77-82(75-97-84(89)69-63-57-53-52-55-61-67-79(5)6)103-86(91)71-65-58-50-46-42-38-34-28-24-22-20-18-16-14-12-10-8-2/h78-82,87H,7-77H2,1-6H3,(H,92,93)(H,94,95)/t80-,81-,82-/m1/s1. The zero-order valence-electron chi connectivity index (χ0n) is 69.0. The van der Waals surface area contributed by atoms with Crippen LogP contribution in [0.1, 0.15) is 459 Å². The minimum Gasteiger partial charge on any atom is -0.462 e. The number of rotatable bonds is 85. The van der Waals surface area contributed by atoms with Gasteiger partial charge < -0.3 is 33.8 Å². The average Bonchev–Trinajstić information content (AvgIpc) is 0.923. The van der Waals surface area contributed by atoms with Crippen molar-refractivity contribution < 1.29 is 80.2 Å². The maximum atomic E-state index is 13.1. The lowest BCUT2D eigenvalue weighted by atomic mass is 10.0. The van der Waals surface area contributed by atoms with Crippen molar-refractivity contribution in [1.29, 1.82) is 0 Å². The Balaban J connectivity index is 5.21. The number of aliphatic hydroxyl groups excluding tert-OH is 1. The fraction of sp³-hybridized carbons (Fsp3) is 0.953. The van der Waals surface area contributed by atoms with Gasteiger partial charge in [0, 0.05) is 25.7 Å². The fourth-order valence-corrected chi connectivity index (χ4v) is 15.0. The largest absolute Gasteiger partial charge is 0.472 e. The fourth-order valence-electron chi connectivity index (χ4n) is 13.4. The molecule has 0 spiro atoms. The highest BCUT2D eigenvalue weighted by Crippen LogP contribution is 2.45. The molecule has 0 saturated carbocycles. The number of aliphatic hydroxyl groups is 1. The molecule has 0 saturated heterocycles. The average molecular weight is 1540 g/mol.